The summed E-state index contributed by atoms with van der Waals surface area (Å²) in [5.41, 5.74) is 1.91. The van der Waals surface area contributed by atoms with E-state index in [0.717, 1.165) is 5.06 Å². The van der Waals surface area contributed by atoms with Gasteiger partial charge < -0.3 is 10.3 Å². The number of fused-ring (bicyclic) bond motifs is 3. The number of carbonyl (C=O) groups excluding carboxylic acids is 2. The highest BCUT2D eigenvalue weighted by Gasteiger charge is 2.32. The number of ketones is 2. The molecule has 1 aliphatic heterocycles. The Morgan fingerprint density at radius 2 is 1.60 bits per heavy atom. The second-order valence-electron chi connectivity index (χ2n) is 5.86. The van der Waals surface area contributed by atoms with E-state index in [0.29, 0.717) is 22.6 Å². The Morgan fingerprint density at radius 3 is 2.32 bits per heavy atom. The molecular weight excluding hydrogens is 318 g/mol. The van der Waals surface area contributed by atoms with Crippen LogP contribution in [0.3, 0.4) is 0 Å². The average Bonchev–Trinajstić information content (AvgIpc) is 3.11. The lowest BCUT2D eigenvalue weighted by atomic mass is 10.0. The second-order valence-corrected chi connectivity index (χ2v) is 5.86. The molecule has 4 rings (SSSR count). The number of benzene rings is 2. The number of imidazole rings is 1. The van der Waals surface area contributed by atoms with Crippen LogP contribution in [0, 0.1) is 5.21 Å². The summed E-state index contributed by atoms with van der Waals surface area (Å²) in [4.78, 5) is 29.3. The molecule has 2 heterocycles. The molecule has 1 unspecified atom stereocenters. The highest BCUT2D eigenvalue weighted by Crippen LogP contribution is 2.38. The Balaban J connectivity index is 1.82. The van der Waals surface area contributed by atoms with Gasteiger partial charge in [-0.2, -0.15) is 0 Å². The maximum absolute atomic E-state index is 12.7. The van der Waals surface area contributed by atoms with E-state index in [-0.39, 0.29) is 5.69 Å². The van der Waals surface area contributed by atoms with Gasteiger partial charge in [-0.05, 0) is 19.1 Å². The molecule has 0 aliphatic carbocycles. The van der Waals surface area contributed by atoms with E-state index in [1.54, 1.807) is 60.0 Å². The number of Topliss-reactive ketones (excluding diaryl/α,β-unsaturated/α-hetero) is 2. The van der Waals surface area contributed by atoms with Crippen molar-refractivity contribution >= 4 is 17.3 Å². The number of aromatic nitrogens is 2. The molecule has 0 bridgehead atoms. The molecule has 0 saturated carbocycles. The summed E-state index contributed by atoms with van der Waals surface area (Å²) in [7, 11) is 0. The van der Waals surface area contributed by atoms with Crippen molar-refractivity contribution in [2.75, 3.05) is 5.06 Å². The van der Waals surface area contributed by atoms with Crippen molar-refractivity contribution in [2.24, 2.45) is 0 Å². The van der Waals surface area contributed by atoms with Gasteiger partial charge in [-0.3, -0.25) is 14.2 Å². The van der Waals surface area contributed by atoms with Gasteiger partial charge in [0.25, 0.3) is 5.78 Å². The van der Waals surface area contributed by atoms with Crippen molar-refractivity contribution in [2.45, 2.75) is 13.0 Å². The maximum Gasteiger partial charge on any atom is 0.253 e. The third-order valence-electron chi connectivity index (χ3n) is 4.39. The summed E-state index contributed by atoms with van der Waals surface area (Å²) < 4.78 is 1.71. The van der Waals surface area contributed by atoms with E-state index < -0.39 is 17.6 Å². The monoisotopic (exact) mass is 332 g/mol. The fraction of sp³-hybridized carbons (Fsp3) is 0.105. The van der Waals surface area contributed by atoms with Crippen LogP contribution in [0.2, 0.25) is 0 Å². The van der Waals surface area contributed by atoms with Crippen molar-refractivity contribution in [3.8, 4) is 5.69 Å². The molecule has 3 aromatic rings. The van der Waals surface area contributed by atoms with Gasteiger partial charge in [0, 0.05) is 5.56 Å². The number of hydrogen-bond acceptors (Lipinski definition) is 5. The SMILES string of the molecule is CC1c2c(C(=O)C(=O)c3ccccc3)ncn2-c2ccccc2N1[O-]. The molecule has 0 radical (unpaired) electrons. The molecule has 1 aromatic heterocycles. The van der Waals surface area contributed by atoms with E-state index in [4.69, 9.17) is 0 Å². The minimum atomic E-state index is -0.709. The van der Waals surface area contributed by atoms with E-state index in [2.05, 4.69) is 4.98 Å². The fourth-order valence-corrected chi connectivity index (χ4v) is 3.13. The molecule has 25 heavy (non-hydrogen) atoms. The first kappa shape index (κ1) is 15.3. The normalized spacial score (nSPS) is 15.4. The van der Waals surface area contributed by atoms with Crippen LogP contribution in [0.4, 0.5) is 5.69 Å². The van der Waals surface area contributed by atoms with Crippen molar-refractivity contribution in [1.82, 2.24) is 9.55 Å². The third-order valence-corrected chi connectivity index (χ3v) is 4.39. The fourth-order valence-electron chi connectivity index (χ4n) is 3.13. The van der Waals surface area contributed by atoms with Crippen LogP contribution in [0.1, 0.15) is 39.5 Å². The number of anilines is 1. The summed E-state index contributed by atoms with van der Waals surface area (Å²) >= 11 is 0. The predicted molar refractivity (Wildman–Crippen MR) is 92.9 cm³/mol. The van der Waals surface area contributed by atoms with E-state index in [1.807, 2.05) is 6.07 Å². The molecule has 0 spiro atoms. The van der Waals surface area contributed by atoms with Crippen molar-refractivity contribution in [3.63, 3.8) is 0 Å². The first-order valence-electron chi connectivity index (χ1n) is 7.86. The number of hydroxylamine groups is 1. The van der Waals surface area contributed by atoms with Crippen LogP contribution >= 0.6 is 0 Å². The van der Waals surface area contributed by atoms with Crippen LogP contribution < -0.4 is 5.06 Å². The zero-order valence-corrected chi connectivity index (χ0v) is 13.4. The van der Waals surface area contributed by atoms with Gasteiger partial charge in [-0.15, -0.1) is 0 Å². The van der Waals surface area contributed by atoms with E-state index in [1.165, 1.54) is 6.33 Å². The second kappa shape index (κ2) is 5.68. The maximum atomic E-state index is 12.7. The van der Waals surface area contributed by atoms with Crippen LogP contribution in [0.15, 0.2) is 60.9 Å². The number of hydrogen-bond donors (Lipinski definition) is 0. The van der Waals surface area contributed by atoms with Crippen LogP contribution in [-0.2, 0) is 0 Å². The van der Waals surface area contributed by atoms with Crippen molar-refractivity contribution < 1.29 is 9.59 Å². The van der Waals surface area contributed by atoms with Gasteiger partial charge in [-0.1, -0.05) is 42.5 Å². The molecule has 1 atom stereocenters. The van der Waals surface area contributed by atoms with Crippen molar-refractivity contribution in [3.05, 3.63) is 83.1 Å². The molecule has 0 fully saturated rings. The Morgan fingerprint density at radius 1 is 0.960 bits per heavy atom. The molecule has 124 valence electrons. The highest BCUT2D eigenvalue weighted by molar-refractivity contribution is 6.49. The molecule has 0 N–H and O–H groups in total. The lowest BCUT2D eigenvalue weighted by Crippen LogP contribution is -2.30. The number of para-hydroxylation sites is 2. The summed E-state index contributed by atoms with van der Waals surface area (Å²) in [6.45, 7) is 1.69. The molecule has 2 aromatic carbocycles. The number of rotatable bonds is 3. The largest absolute Gasteiger partial charge is 0.758 e. The quantitative estimate of drug-likeness (QED) is 0.543. The Bertz CT molecular complexity index is 979. The molecule has 6 heteroatoms. The molecule has 1 aliphatic rings. The lowest BCUT2D eigenvalue weighted by Gasteiger charge is -2.42. The lowest BCUT2D eigenvalue weighted by molar-refractivity contribution is 0.0813. The predicted octanol–water partition coefficient (Wildman–Crippen LogP) is 3.32. The smallest absolute Gasteiger partial charge is 0.253 e. The standard InChI is InChI=1S/C19H14N3O3/c1-12-17-16(19(24)18(23)13-7-3-2-4-8-13)20-11-21(17)14-9-5-6-10-15(14)22(12)25/h2-12H,1H3/q-1. The summed E-state index contributed by atoms with van der Waals surface area (Å²) in [6.07, 6.45) is 1.49. The molecular formula is C19H14N3O3-. The van der Waals surface area contributed by atoms with Gasteiger partial charge in [0.05, 0.1) is 23.1 Å². The average molecular weight is 332 g/mol. The molecule has 6 nitrogen and oxygen atoms in total. The van der Waals surface area contributed by atoms with Crippen LogP contribution in [0.5, 0.6) is 0 Å². The van der Waals surface area contributed by atoms with Gasteiger partial charge in [0.2, 0.25) is 5.78 Å². The Kier molecular flexibility index (Phi) is 3.47. The summed E-state index contributed by atoms with van der Waals surface area (Å²) in [6, 6.07) is 14.8. The van der Waals surface area contributed by atoms with Crippen LogP contribution in [-0.4, -0.2) is 21.1 Å². The van der Waals surface area contributed by atoms with Gasteiger partial charge >= 0.3 is 0 Å². The van der Waals surface area contributed by atoms with Gasteiger partial charge in [0.1, 0.15) is 12.0 Å². The van der Waals surface area contributed by atoms with Gasteiger partial charge in [-0.25, -0.2) is 4.98 Å². The zero-order chi connectivity index (χ0) is 17.6. The first-order chi connectivity index (χ1) is 12.1. The van der Waals surface area contributed by atoms with Crippen molar-refractivity contribution in [1.29, 1.82) is 0 Å². The minimum absolute atomic E-state index is 0.0247. The van der Waals surface area contributed by atoms with Gasteiger partial charge in [0.15, 0.2) is 0 Å². The van der Waals surface area contributed by atoms with E-state index in [9.17, 15) is 14.8 Å². The van der Waals surface area contributed by atoms with Crippen LogP contribution in [0.25, 0.3) is 5.69 Å². The number of nitrogens with zero attached hydrogens (tertiary/aromatic N) is 3. The zero-order valence-electron chi connectivity index (χ0n) is 13.4. The first-order valence-corrected chi connectivity index (χ1v) is 7.86. The molecule has 0 saturated heterocycles. The number of carbonyl (C=O) groups is 2. The Hall–Kier alpha value is -3.25. The Labute approximate surface area is 143 Å². The highest BCUT2D eigenvalue weighted by atomic mass is 16.5. The minimum Gasteiger partial charge on any atom is -0.758 e. The topological polar surface area (TPSA) is 78.3 Å². The van der Waals surface area contributed by atoms with E-state index >= 15 is 0 Å². The summed E-state index contributed by atoms with van der Waals surface area (Å²) in [5.74, 6) is -1.34. The summed E-state index contributed by atoms with van der Waals surface area (Å²) in [5, 5.41) is 13.4. The molecule has 0 amide bonds. The third kappa shape index (κ3) is 2.27.